The van der Waals surface area contributed by atoms with Gasteiger partial charge >= 0.3 is 4.38 Å². The maximum Gasteiger partial charge on any atom is 0.504 e. The van der Waals surface area contributed by atoms with Gasteiger partial charge in [-0.2, -0.15) is 0 Å². The van der Waals surface area contributed by atoms with Gasteiger partial charge in [-0.1, -0.05) is 0 Å². The van der Waals surface area contributed by atoms with Crippen LogP contribution in [0.15, 0.2) is 58.8 Å². The number of pyridine rings is 2. The molecule has 0 fully saturated rings. The van der Waals surface area contributed by atoms with Gasteiger partial charge in [0, 0.05) is 24.8 Å². The Labute approximate surface area is 120 Å². The standard InChI is InChI=1S/C11H8N4O4S2/c12-15-11(20(16,17)9-1-5-13-6-2-9)21(18,19)10-3-7-14-8-4-10/h1-8H. The van der Waals surface area contributed by atoms with Crippen molar-refractivity contribution in [3.05, 3.63) is 54.6 Å². The van der Waals surface area contributed by atoms with E-state index in [1.54, 1.807) is 0 Å². The van der Waals surface area contributed by atoms with E-state index < -0.39 is 24.1 Å². The van der Waals surface area contributed by atoms with Crippen molar-refractivity contribution < 1.29 is 21.6 Å². The Morgan fingerprint density at radius 2 is 1.14 bits per heavy atom. The molecular formula is C11H8N4O4S2. The Bertz CT molecular complexity index is 832. The molecule has 0 spiro atoms. The molecule has 2 aromatic rings. The average molecular weight is 324 g/mol. The third kappa shape index (κ3) is 2.72. The highest BCUT2D eigenvalue weighted by Gasteiger charge is 2.43. The molecule has 0 bridgehead atoms. The number of hydrogen-bond acceptors (Lipinski definition) is 6. The van der Waals surface area contributed by atoms with Crippen LogP contribution in [-0.4, -0.2) is 36.0 Å². The van der Waals surface area contributed by atoms with Crippen LogP contribution in [0.3, 0.4) is 0 Å². The predicted octanol–water partition coefficient (Wildman–Crippen LogP) is 0.310. The average Bonchev–Trinajstić information content (AvgIpc) is 2.49. The maximum atomic E-state index is 12.3. The smallest absolute Gasteiger partial charge is 0.359 e. The molecule has 0 N–H and O–H groups in total. The second-order valence-electron chi connectivity index (χ2n) is 3.74. The Hall–Kier alpha value is -2.42. The third-order valence-electron chi connectivity index (χ3n) is 2.46. The maximum absolute atomic E-state index is 12.3. The van der Waals surface area contributed by atoms with Crippen molar-refractivity contribution in [1.82, 2.24) is 9.97 Å². The second kappa shape index (κ2) is 5.52. The molecule has 0 aromatic carbocycles. The van der Waals surface area contributed by atoms with Crippen molar-refractivity contribution in [1.29, 1.82) is 0 Å². The molecule has 0 aliphatic rings. The van der Waals surface area contributed by atoms with Crippen LogP contribution in [0.4, 0.5) is 0 Å². The molecule has 2 aromatic heterocycles. The van der Waals surface area contributed by atoms with Crippen molar-refractivity contribution in [2.45, 2.75) is 9.79 Å². The minimum Gasteiger partial charge on any atom is -0.359 e. The van der Waals surface area contributed by atoms with Gasteiger partial charge < -0.3 is 5.53 Å². The summed E-state index contributed by atoms with van der Waals surface area (Å²) in [6, 6.07) is 4.40. The fourth-order valence-corrected chi connectivity index (χ4v) is 4.80. The van der Waals surface area contributed by atoms with Crippen LogP contribution in [0.5, 0.6) is 0 Å². The van der Waals surface area contributed by atoms with Gasteiger partial charge in [-0.15, -0.1) is 4.79 Å². The molecule has 0 unspecified atom stereocenters. The van der Waals surface area contributed by atoms with Gasteiger partial charge in [0.05, 0.1) is 9.79 Å². The summed E-state index contributed by atoms with van der Waals surface area (Å²) in [6.07, 6.45) is 4.73. The zero-order chi connectivity index (χ0) is 15.5. The van der Waals surface area contributed by atoms with E-state index in [9.17, 15) is 16.8 Å². The summed E-state index contributed by atoms with van der Waals surface area (Å²) in [5.74, 6) is 0. The lowest BCUT2D eigenvalue weighted by atomic mass is 10.5. The van der Waals surface area contributed by atoms with Crippen LogP contribution in [0.2, 0.25) is 0 Å². The summed E-state index contributed by atoms with van der Waals surface area (Å²) in [6.45, 7) is 0. The van der Waals surface area contributed by atoms with E-state index in [2.05, 4.69) is 14.8 Å². The highest BCUT2D eigenvalue weighted by atomic mass is 32.3. The van der Waals surface area contributed by atoms with Gasteiger partial charge in [-0.05, 0) is 24.3 Å². The molecule has 10 heteroatoms. The minimum atomic E-state index is -4.51. The fraction of sp³-hybridized carbons (Fsp3) is 0. The van der Waals surface area contributed by atoms with Gasteiger partial charge in [0.25, 0.3) is 19.7 Å². The first-order chi connectivity index (χ1) is 9.90. The molecule has 2 rings (SSSR count). The van der Waals surface area contributed by atoms with Crippen molar-refractivity contribution >= 4 is 24.1 Å². The number of nitrogens with zero attached hydrogens (tertiary/aromatic N) is 4. The molecule has 0 aliphatic carbocycles. The largest absolute Gasteiger partial charge is 0.504 e. The van der Waals surface area contributed by atoms with E-state index in [1.165, 1.54) is 24.8 Å². The summed E-state index contributed by atoms with van der Waals surface area (Å²) in [5.41, 5.74) is 8.92. The van der Waals surface area contributed by atoms with E-state index in [0.717, 1.165) is 24.3 Å². The van der Waals surface area contributed by atoms with Crippen LogP contribution in [0.1, 0.15) is 0 Å². The molecule has 21 heavy (non-hydrogen) atoms. The lowest BCUT2D eigenvalue weighted by molar-refractivity contribution is 0.00380. The normalized spacial score (nSPS) is 11.6. The van der Waals surface area contributed by atoms with Gasteiger partial charge in [0.15, 0.2) is 0 Å². The Morgan fingerprint density at radius 1 is 0.810 bits per heavy atom. The van der Waals surface area contributed by atoms with Gasteiger partial charge in [-0.3, -0.25) is 9.97 Å². The highest BCUT2D eigenvalue weighted by molar-refractivity contribution is 8.31. The van der Waals surface area contributed by atoms with E-state index >= 15 is 0 Å². The van der Waals surface area contributed by atoms with E-state index in [1.807, 2.05) is 0 Å². The van der Waals surface area contributed by atoms with Crippen molar-refractivity contribution in [3.8, 4) is 0 Å². The monoisotopic (exact) mass is 324 g/mol. The Kier molecular flexibility index (Phi) is 3.94. The molecule has 0 saturated heterocycles. The van der Waals surface area contributed by atoms with Crippen molar-refractivity contribution in [2.24, 2.45) is 0 Å². The highest BCUT2D eigenvalue weighted by Crippen LogP contribution is 2.19. The van der Waals surface area contributed by atoms with Gasteiger partial charge in [0.2, 0.25) is 0 Å². The molecule has 0 radical (unpaired) electrons. The Morgan fingerprint density at radius 3 is 1.43 bits per heavy atom. The predicted molar refractivity (Wildman–Crippen MR) is 71.5 cm³/mol. The SMILES string of the molecule is [N-]=[N+]=C(S(=O)(=O)c1ccncc1)S(=O)(=O)c1ccncc1. The zero-order valence-corrected chi connectivity index (χ0v) is 12.0. The van der Waals surface area contributed by atoms with E-state index in [4.69, 9.17) is 5.53 Å². The number of rotatable bonds is 2. The van der Waals surface area contributed by atoms with Crippen molar-refractivity contribution in [2.75, 3.05) is 0 Å². The summed E-state index contributed by atoms with van der Waals surface area (Å²) >= 11 is 0. The lowest BCUT2D eigenvalue weighted by Crippen LogP contribution is -2.26. The first-order valence-electron chi connectivity index (χ1n) is 5.43. The molecule has 0 aliphatic heterocycles. The van der Waals surface area contributed by atoms with Crippen LogP contribution in [0, 0.1) is 0 Å². The fourth-order valence-electron chi connectivity index (χ4n) is 1.49. The quantitative estimate of drug-likeness (QED) is 0.338. The Balaban J connectivity index is 2.65. The first-order valence-corrected chi connectivity index (χ1v) is 8.39. The van der Waals surface area contributed by atoms with E-state index in [-0.39, 0.29) is 9.79 Å². The molecule has 8 nitrogen and oxygen atoms in total. The third-order valence-corrected chi connectivity index (χ3v) is 6.65. The van der Waals surface area contributed by atoms with Crippen LogP contribution >= 0.6 is 0 Å². The van der Waals surface area contributed by atoms with Gasteiger partial charge in [0.1, 0.15) is 0 Å². The number of sulfone groups is 2. The first kappa shape index (κ1) is 15.0. The van der Waals surface area contributed by atoms with Crippen LogP contribution in [0.25, 0.3) is 5.53 Å². The molecule has 0 saturated carbocycles. The molecule has 0 atom stereocenters. The summed E-state index contributed by atoms with van der Waals surface area (Å²) < 4.78 is 47.7. The molecule has 2 heterocycles. The zero-order valence-electron chi connectivity index (χ0n) is 10.4. The lowest BCUT2D eigenvalue weighted by Gasteiger charge is -2.01. The number of hydrogen-bond donors (Lipinski definition) is 0. The summed E-state index contributed by atoms with van der Waals surface area (Å²) in [5, 5.41) is 0. The number of aromatic nitrogens is 2. The molecule has 0 amide bonds. The molecular weight excluding hydrogens is 316 g/mol. The van der Waals surface area contributed by atoms with Crippen LogP contribution < -0.4 is 0 Å². The summed E-state index contributed by atoms with van der Waals surface area (Å²) in [4.78, 5) is 9.07. The topological polar surface area (TPSA) is 130 Å². The van der Waals surface area contributed by atoms with Crippen molar-refractivity contribution in [3.63, 3.8) is 0 Å². The van der Waals surface area contributed by atoms with Crippen LogP contribution in [-0.2, 0) is 19.7 Å². The summed E-state index contributed by atoms with van der Waals surface area (Å²) in [7, 11) is -9.01. The van der Waals surface area contributed by atoms with Gasteiger partial charge in [-0.25, -0.2) is 16.8 Å². The minimum absolute atomic E-state index is 0.345. The second-order valence-corrected chi connectivity index (χ2v) is 7.73. The van der Waals surface area contributed by atoms with E-state index in [0.29, 0.717) is 0 Å². The molecule has 108 valence electrons.